The second kappa shape index (κ2) is 11.5. The second-order valence-electron chi connectivity index (χ2n) is 7.82. The van der Waals surface area contributed by atoms with Gasteiger partial charge in [0.15, 0.2) is 0 Å². The molecule has 184 valence electrons. The van der Waals surface area contributed by atoms with Crippen LogP contribution in [0.5, 0.6) is 5.75 Å². The molecular formula is C26H29N3O5S. The molecule has 3 rings (SSSR count). The number of anilines is 1. The molecule has 3 aromatic rings. The highest BCUT2D eigenvalue weighted by atomic mass is 32.2. The van der Waals surface area contributed by atoms with Crippen LogP contribution in [0.4, 0.5) is 5.69 Å². The van der Waals surface area contributed by atoms with E-state index < -0.39 is 28.5 Å². The first-order valence-corrected chi connectivity index (χ1v) is 12.5. The van der Waals surface area contributed by atoms with E-state index in [9.17, 15) is 18.0 Å². The smallest absolute Gasteiger partial charge is 0.264 e. The molecule has 0 aliphatic rings. The first-order valence-electron chi connectivity index (χ1n) is 11.0. The summed E-state index contributed by atoms with van der Waals surface area (Å²) >= 11 is 0. The maximum atomic E-state index is 13.6. The fourth-order valence-corrected chi connectivity index (χ4v) is 4.98. The molecular weight excluding hydrogens is 466 g/mol. The fraction of sp³-hybridized carbons (Fsp3) is 0.231. The molecule has 2 amide bonds. The summed E-state index contributed by atoms with van der Waals surface area (Å²) in [6.45, 7) is 1.29. The molecule has 8 nitrogen and oxygen atoms in total. The van der Waals surface area contributed by atoms with Crippen molar-refractivity contribution in [1.82, 2.24) is 10.2 Å². The number of sulfonamides is 1. The van der Waals surface area contributed by atoms with Crippen LogP contribution in [0, 0.1) is 0 Å². The predicted molar refractivity (Wildman–Crippen MR) is 134 cm³/mol. The number of carbonyl (C=O) groups excluding carboxylic acids is 2. The monoisotopic (exact) mass is 495 g/mol. The van der Waals surface area contributed by atoms with E-state index in [2.05, 4.69) is 5.32 Å². The minimum absolute atomic E-state index is 0.0175. The molecule has 0 radical (unpaired) electrons. The Morgan fingerprint density at radius 1 is 0.914 bits per heavy atom. The van der Waals surface area contributed by atoms with E-state index in [4.69, 9.17) is 4.74 Å². The standard InChI is InChI=1S/C26H29N3O5S/c1-20(26(31)27-2)28(18-21-10-6-4-7-11-21)25(30)19-29(22-12-8-5-9-13-22)35(32,33)24-16-14-23(34-3)15-17-24/h4-17,20H,18-19H2,1-3H3,(H,27,31)/t20-/m0/s1. The summed E-state index contributed by atoms with van der Waals surface area (Å²) in [5.74, 6) is -0.343. The number of carbonyl (C=O) groups is 2. The highest BCUT2D eigenvalue weighted by Gasteiger charge is 2.32. The van der Waals surface area contributed by atoms with Gasteiger partial charge in [0.2, 0.25) is 11.8 Å². The third-order valence-corrected chi connectivity index (χ3v) is 7.37. The number of benzene rings is 3. The number of likely N-dealkylation sites (N-methyl/N-ethyl adjacent to an activating group) is 1. The lowest BCUT2D eigenvalue weighted by molar-refractivity contribution is -0.139. The van der Waals surface area contributed by atoms with Crippen LogP contribution in [0.2, 0.25) is 0 Å². The van der Waals surface area contributed by atoms with Gasteiger partial charge in [0.05, 0.1) is 17.7 Å². The van der Waals surface area contributed by atoms with Crippen LogP contribution >= 0.6 is 0 Å². The summed E-state index contributed by atoms with van der Waals surface area (Å²) < 4.78 is 33.5. The molecule has 9 heteroatoms. The first kappa shape index (κ1) is 25.8. The van der Waals surface area contributed by atoms with Gasteiger partial charge >= 0.3 is 0 Å². The zero-order valence-corrected chi connectivity index (χ0v) is 20.7. The molecule has 0 aliphatic carbocycles. The van der Waals surface area contributed by atoms with Crippen LogP contribution < -0.4 is 14.4 Å². The molecule has 0 aliphatic heterocycles. The number of amides is 2. The summed E-state index contributed by atoms with van der Waals surface area (Å²) in [6.07, 6.45) is 0. The van der Waals surface area contributed by atoms with Gasteiger partial charge in [-0.15, -0.1) is 0 Å². The molecule has 3 aromatic carbocycles. The minimum atomic E-state index is -4.10. The van der Waals surface area contributed by atoms with E-state index in [1.807, 2.05) is 30.3 Å². The minimum Gasteiger partial charge on any atom is -0.497 e. The molecule has 0 aromatic heterocycles. The molecule has 0 unspecified atom stereocenters. The van der Waals surface area contributed by atoms with Gasteiger partial charge in [-0.1, -0.05) is 48.5 Å². The van der Waals surface area contributed by atoms with E-state index in [0.29, 0.717) is 11.4 Å². The van der Waals surface area contributed by atoms with Crippen molar-refractivity contribution < 1.29 is 22.7 Å². The van der Waals surface area contributed by atoms with E-state index in [1.54, 1.807) is 49.4 Å². The average molecular weight is 496 g/mol. The molecule has 0 fully saturated rings. The number of methoxy groups -OCH3 is 1. The van der Waals surface area contributed by atoms with Crippen molar-refractivity contribution in [1.29, 1.82) is 0 Å². The number of nitrogens with one attached hydrogen (secondary N) is 1. The highest BCUT2D eigenvalue weighted by molar-refractivity contribution is 7.92. The summed E-state index contributed by atoms with van der Waals surface area (Å²) in [5.41, 5.74) is 1.16. The normalized spacial score (nSPS) is 11.9. The summed E-state index contributed by atoms with van der Waals surface area (Å²) in [6, 6.07) is 22.8. The Morgan fingerprint density at radius 3 is 2.03 bits per heavy atom. The second-order valence-corrected chi connectivity index (χ2v) is 9.68. The third kappa shape index (κ3) is 6.19. The number of para-hydroxylation sites is 1. The van der Waals surface area contributed by atoms with Gasteiger partial charge < -0.3 is 15.0 Å². The Balaban J connectivity index is 1.99. The van der Waals surface area contributed by atoms with Gasteiger partial charge in [0.1, 0.15) is 18.3 Å². The average Bonchev–Trinajstić information content (AvgIpc) is 2.90. The number of hydrogen-bond donors (Lipinski definition) is 1. The molecule has 1 N–H and O–H groups in total. The van der Waals surface area contributed by atoms with E-state index in [0.717, 1.165) is 9.87 Å². The van der Waals surface area contributed by atoms with Crippen molar-refractivity contribution in [3.63, 3.8) is 0 Å². The molecule has 0 saturated heterocycles. The van der Waals surface area contributed by atoms with Gasteiger partial charge in [-0.05, 0) is 48.9 Å². The molecule has 0 spiro atoms. The molecule has 1 atom stereocenters. The van der Waals surface area contributed by atoms with Crippen LogP contribution in [-0.4, -0.2) is 51.9 Å². The SMILES string of the molecule is CNC(=O)[C@H](C)N(Cc1ccccc1)C(=O)CN(c1ccccc1)S(=O)(=O)c1ccc(OC)cc1. The third-order valence-electron chi connectivity index (χ3n) is 5.58. The Labute approximate surface area is 206 Å². The van der Waals surface area contributed by atoms with E-state index in [-0.39, 0.29) is 17.3 Å². The van der Waals surface area contributed by atoms with Gasteiger partial charge in [-0.25, -0.2) is 8.42 Å². The van der Waals surface area contributed by atoms with Crippen molar-refractivity contribution in [2.45, 2.75) is 24.4 Å². The van der Waals surface area contributed by atoms with Crippen LogP contribution in [0.1, 0.15) is 12.5 Å². The van der Waals surface area contributed by atoms with Gasteiger partial charge in [-0.3, -0.25) is 13.9 Å². The van der Waals surface area contributed by atoms with Gasteiger partial charge in [0.25, 0.3) is 10.0 Å². The maximum Gasteiger partial charge on any atom is 0.264 e. The molecule has 0 bridgehead atoms. The zero-order chi connectivity index (χ0) is 25.4. The summed E-state index contributed by atoms with van der Waals surface area (Å²) in [5, 5.41) is 2.56. The van der Waals surface area contributed by atoms with Crippen molar-refractivity contribution >= 4 is 27.5 Å². The van der Waals surface area contributed by atoms with Crippen molar-refractivity contribution in [2.75, 3.05) is 25.0 Å². The zero-order valence-electron chi connectivity index (χ0n) is 19.9. The first-order chi connectivity index (χ1) is 16.8. The van der Waals surface area contributed by atoms with E-state index in [1.165, 1.54) is 31.2 Å². The Morgan fingerprint density at radius 2 is 1.49 bits per heavy atom. The number of nitrogens with zero attached hydrogens (tertiary/aromatic N) is 2. The largest absolute Gasteiger partial charge is 0.497 e. The number of ether oxygens (including phenoxy) is 1. The van der Waals surface area contributed by atoms with Gasteiger partial charge in [0, 0.05) is 13.6 Å². The highest BCUT2D eigenvalue weighted by Crippen LogP contribution is 2.25. The van der Waals surface area contributed by atoms with Crippen LogP contribution in [0.3, 0.4) is 0 Å². The quantitative estimate of drug-likeness (QED) is 0.466. The van der Waals surface area contributed by atoms with Crippen molar-refractivity contribution in [3.8, 4) is 5.75 Å². The van der Waals surface area contributed by atoms with Crippen LogP contribution in [-0.2, 0) is 26.2 Å². The molecule has 0 saturated carbocycles. The topological polar surface area (TPSA) is 96.0 Å². The number of rotatable bonds is 10. The van der Waals surface area contributed by atoms with Crippen molar-refractivity contribution in [3.05, 3.63) is 90.5 Å². The van der Waals surface area contributed by atoms with Crippen molar-refractivity contribution in [2.24, 2.45) is 0 Å². The maximum absolute atomic E-state index is 13.6. The lowest BCUT2D eigenvalue weighted by Crippen LogP contribution is -2.50. The molecule has 0 heterocycles. The Kier molecular flexibility index (Phi) is 8.48. The number of hydrogen-bond acceptors (Lipinski definition) is 5. The lowest BCUT2D eigenvalue weighted by Gasteiger charge is -2.31. The van der Waals surface area contributed by atoms with Gasteiger partial charge in [-0.2, -0.15) is 0 Å². The van der Waals surface area contributed by atoms with Crippen LogP contribution in [0.25, 0.3) is 0 Å². The van der Waals surface area contributed by atoms with Crippen LogP contribution in [0.15, 0.2) is 89.8 Å². The fourth-order valence-electron chi connectivity index (χ4n) is 3.57. The van der Waals surface area contributed by atoms with E-state index >= 15 is 0 Å². The summed E-state index contributed by atoms with van der Waals surface area (Å²) in [4.78, 5) is 27.4. The molecule has 35 heavy (non-hydrogen) atoms. The lowest BCUT2D eigenvalue weighted by atomic mass is 10.1. The predicted octanol–water partition coefficient (Wildman–Crippen LogP) is 3.05. The summed E-state index contributed by atoms with van der Waals surface area (Å²) in [7, 11) is -1.11. The Hall–Kier alpha value is -3.85. The Bertz CT molecular complexity index is 1230.